The molecule has 0 saturated heterocycles. The summed E-state index contributed by atoms with van der Waals surface area (Å²) in [7, 11) is 0. The molecule has 1 fully saturated rings. The van der Waals surface area contributed by atoms with Crippen LogP contribution in [0.1, 0.15) is 38.2 Å². The van der Waals surface area contributed by atoms with Gasteiger partial charge in [0, 0.05) is 17.0 Å². The molecule has 0 radical (unpaired) electrons. The first-order valence-corrected chi connectivity index (χ1v) is 7.82. The van der Waals surface area contributed by atoms with Gasteiger partial charge in [-0.2, -0.15) is 11.8 Å². The summed E-state index contributed by atoms with van der Waals surface area (Å²) in [5, 5.41) is 4.51. The highest BCUT2D eigenvalue weighted by molar-refractivity contribution is 7.99. The average Bonchev–Trinajstić information content (AvgIpc) is 2.83. The van der Waals surface area contributed by atoms with Gasteiger partial charge >= 0.3 is 0 Å². The molecule has 2 atom stereocenters. The number of thioether (sulfide) groups is 1. The van der Waals surface area contributed by atoms with E-state index >= 15 is 0 Å². The van der Waals surface area contributed by atoms with Crippen molar-refractivity contribution in [3.8, 4) is 0 Å². The molecule has 0 amide bonds. The summed E-state index contributed by atoms with van der Waals surface area (Å²) in [6.07, 6.45) is 5.36. The molecule has 0 heterocycles. The van der Waals surface area contributed by atoms with Gasteiger partial charge in [0.05, 0.1) is 0 Å². The van der Waals surface area contributed by atoms with E-state index in [1.165, 1.54) is 43.5 Å². The van der Waals surface area contributed by atoms with E-state index in [1.54, 1.807) is 0 Å². The summed E-state index contributed by atoms with van der Waals surface area (Å²) in [5.74, 6) is 1.17. The van der Waals surface area contributed by atoms with Gasteiger partial charge in [0.15, 0.2) is 0 Å². The smallest absolute Gasteiger partial charge is 0.0187 e. The van der Waals surface area contributed by atoms with Crippen molar-refractivity contribution in [3.05, 3.63) is 35.9 Å². The molecule has 1 saturated carbocycles. The van der Waals surface area contributed by atoms with Crippen LogP contribution in [0.5, 0.6) is 0 Å². The minimum absolute atomic E-state index is 0.781. The Hall–Kier alpha value is -0.470. The highest BCUT2D eigenvalue weighted by Crippen LogP contribution is 2.31. The molecule has 2 heteroatoms. The minimum Gasteiger partial charge on any atom is -0.314 e. The predicted molar refractivity (Wildman–Crippen MR) is 77.5 cm³/mol. The fourth-order valence-corrected chi connectivity index (χ4v) is 3.71. The second-order valence-corrected chi connectivity index (χ2v) is 6.17. The van der Waals surface area contributed by atoms with Crippen molar-refractivity contribution in [2.75, 3.05) is 6.54 Å². The van der Waals surface area contributed by atoms with Crippen molar-refractivity contribution in [3.63, 3.8) is 0 Å². The molecule has 2 unspecified atom stereocenters. The van der Waals surface area contributed by atoms with Gasteiger partial charge in [-0.1, -0.05) is 37.3 Å². The molecule has 2 rings (SSSR count). The second kappa shape index (κ2) is 7.07. The van der Waals surface area contributed by atoms with Gasteiger partial charge in [-0.25, -0.2) is 0 Å². The fourth-order valence-electron chi connectivity index (χ4n) is 2.41. The van der Waals surface area contributed by atoms with Crippen molar-refractivity contribution >= 4 is 11.8 Å². The molecule has 1 N–H and O–H groups in total. The molecular weight excluding hydrogens is 226 g/mol. The third-order valence-corrected chi connectivity index (χ3v) is 4.80. The van der Waals surface area contributed by atoms with E-state index in [-0.39, 0.29) is 0 Å². The summed E-state index contributed by atoms with van der Waals surface area (Å²) in [5.41, 5.74) is 1.46. The van der Waals surface area contributed by atoms with Crippen molar-refractivity contribution in [1.82, 2.24) is 5.32 Å². The first-order chi connectivity index (χ1) is 8.38. The Morgan fingerprint density at radius 2 is 2.06 bits per heavy atom. The van der Waals surface area contributed by atoms with Crippen LogP contribution in [0.4, 0.5) is 0 Å². The molecule has 0 aliphatic heterocycles. The van der Waals surface area contributed by atoms with Crippen LogP contribution in [0.15, 0.2) is 30.3 Å². The number of nitrogens with one attached hydrogen (secondary N) is 1. The summed E-state index contributed by atoms with van der Waals surface area (Å²) in [4.78, 5) is 0. The Kier molecular flexibility index (Phi) is 5.40. The molecule has 0 aromatic heterocycles. The third-order valence-electron chi connectivity index (χ3n) is 3.40. The lowest BCUT2D eigenvalue weighted by Crippen LogP contribution is -2.27. The molecule has 0 spiro atoms. The van der Waals surface area contributed by atoms with Gasteiger partial charge < -0.3 is 5.32 Å². The summed E-state index contributed by atoms with van der Waals surface area (Å²) < 4.78 is 0. The average molecular weight is 249 g/mol. The number of hydrogen-bond donors (Lipinski definition) is 1. The van der Waals surface area contributed by atoms with E-state index in [4.69, 9.17) is 0 Å². The predicted octanol–water partition coefficient (Wildman–Crippen LogP) is 3.84. The van der Waals surface area contributed by atoms with E-state index in [1.807, 2.05) is 0 Å². The molecule has 17 heavy (non-hydrogen) atoms. The quantitative estimate of drug-likeness (QED) is 0.822. The molecule has 1 aliphatic rings. The van der Waals surface area contributed by atoms with Crippen LogP contribution >= 0.6 is 11.8 Å². The number of benzene rings is 1. The zero-order chi connectivity index (χ0) is 11.9. The molecule has 94 valence electrons. The molecule has 1 aromatic carbocycles. The van der Waals surface area contributed by atoms with Crippen LogP contribution in [0, 0.1) is 0 Å². The number of hydrogen-bond acceptors (Lipinski definition) is 2. The third kappa shape index (κ3) is 4.36. The summed E-state index contributed by atoms with van der Waals surface area (Å²) in [6.45, 7) is 3.42. The molecule has 0 bridgehead atoms. The van der Waals surface area contributed by atoms with E-state index in [0.717, 1.165) is 11.3 Å². The van der Waals surface area contributed by atoms with Gasteiger partial charge in [-0.15, -0.1) is 0 Å². The van der Waals surface area contributed by atoms with Crippen molar-refractivity contribution in [1.29, 1.82) is 0 Å². The van der Waals surface area contributed by atoms with Crippen LogP contribution in [-0.4, -0.2) is 17.8 Å². The summed E-state index contributed by atoms with van der Waals surface area (Å²) in [6, 6.07) is 11.6. The lowest BCUT2D eigenvalue weighted by atomic mass is 10.2. The van der Waals surface area contributed by atoms with Gasteiger partial charge in [-0.05, 0) is 37.8 Å². The van der Waals surface area contributed by atoms with E-state index in [0.29, 0.717) is 0 Å². The summed E-state index contributed by atoms with van der Waals surface area (Å²) >= 11 is 2.13. The zero-order valence-electron chi connectivity index (χ0n) is 10.7. The van der Waals surface area contributed by atoms with Gasteiger partial charge in [0.25, 0.3) is 0 Å². The Bertz CT molecular complexity index is 312. The Morgan fingerprint density at radius 3 is 2.82 bits per heavy atom. The van der Waals surface area contributed by atoms with Crippen LogP contribution in [0.2, 0.25) is 0 Å². The molecular formula is C15H23NS. The Labute approximate surface area is 109 Å². The highest BCUT2D eigenvalue weighted by atomic mass is 32.2. The van der Waals surface area contributed by atoms with Gasteiger partial charge in [0.2, 0.25) is 0 Å². The van der Waals surface area contributed by atoms with Crippen molar-refractivity contribution in [2.45, 2.75) is 49.7 Å². The van der Waals surface area contributed by atoms with Crippen LogP contribution in [0.3, 0.4) is 0 Å². The molecule has 1 aromatic rings. The molecule has 1 aliphatic carbocycles. The largest absolute Gasteiger partial charge is 0.314 e. The maximum Gasteiger partial charge on any atom is 0.0187 e. The highest BCUT2D eigenvalue weighted by Gasteiger charge is 2.23. The first-order valence-electron chi connectivity index (χ1n) is 6.77. The second-order valence-electron chi connectivity index (χ2n) is 4.88. The van der Waals surface area contributed by atoms with Crippen molar-refractivity contribution < 1.29 is 0 Å². The Balaban J connectivity index is 1.68. The van der Waals surface area contributed by atoms with Crippen LogP contribution in [-0.2, 0) is 5.75 Å². The lowest BCUT2D eigenvalue weighted by molar-refractivity contribution is 0.524. The van der Waals surface area contributed by atoms with E-state index in [9.17, 15) is 0 Å². The standard InChI is InChI=1S/C15H23NS/c1-2-10-16-14-8-9-15(11-14)17-12-13-6-4-3-5-7-13/h3-7,14-16H,2,8-12H2,1H3. The van der Waals surface area contributed by atoms with Crippen LogP contribution < -0.4 is 5.32 Å². The normalized spacial score (nSPS) is 24.1. The molecule has 1 nitrogen and oxygen atoms in total. The van der Waals surface area contributed by atoms with Crippen LogP contribution in [0.25, 0.3) is 0 Å². The fraction of sp³-hybridized carbons (Fsp3) is 0.600. The van der Waals surface area contributed by atoms with Gasteiger partial charge in [-0.3, -0.25) is 0 Å². The maximum absolute atomic E-state index is 3.65. The van der Waals surface area contributed by atoms with E-state index in [2.05, 4.69) is 54.3 Å². The van der Waals surface area contributed by atoms with Crippen molar-refractivity contribution in [2.24, 2.45) is 0 Å². The maximum atomic E-state index is 3.65. The SMILES string of the molecule is CCCNC1CCC(SCc2ccccc2)C1. The Morgan fingerprint density at radius 1 is 1.24 bits per heavy atom. The van der Waals surface area contributed by atoms with Gasteiger partial charge in [0.1, 0.15) is 0 Å². The van der Waals surface area contributed by atoms with E-state index < -0.39 is 0 Å². The minimum atomic E-state index is 0.781. The monoisotopic (exact) mass is 249 g/mol. The lowest BCUT2D eigenvalue weighted by Gasteiger charge is -2.12. The first kappa shape index (κ1) is 13.0. The number of rotatable bonds is 6. The topological polar surface area (TPSA) is 12.0 Å². The zero-order valence-corrected chi connectivity index (χ0v) is 11.5.